The molecule has 0 saturated carbocycles. The monoisotopic (exact) mass is 129 g/mol. The fourth-order valence-electron chi connectivity index (χ4n) is 0. The summed E-state index contributed by atoms with van der Waals surface area (Å²) in [6.45, 7) is 0. The molecule has 0 rings (SSSR count). The van der Waals surface area contributed by atoms with Crippen molar-refractivity contribution < 1.29 is 0 Å². The highest BCUT2D eigenvalue weighted by molar-refractivity contribution is 6.92. The first-order valence-electron chi connectivity index (χ1n) is 1.34. The molecule has 0 spiro atoms. The molecule has 6 heavy (non-hydrogen) atoms. The van der Waals surface area contributed by atoms with Crippen LogP contribution in [-0.2, 0) is 0 Å². The van der Waals surface area contributed by atoms with Gasteiger partial charge in [0, 0.05) is 0 Å². The van der Waals surface area contributed by atoms with E-state index in [1.807, 2.05) is 26.0 Å². The van der Waals surface area contributed by atoms with E-state index >= 15 is 0 Å². The lowest BCUT2D eigenvalue weighted by molar-refractivity contribution is 0.505. The first-order chi connectivity index (χ1) is 1.73. The van der Waals surface area contributed by atoms with Gasteiger partial charge in [0.15, 0.2) is 0 Å². The van der Waals surface area contributed by atoms with Gasteiger partial charge in [-0.1, -0.05) is 0 Å². The molecule has 1 unspecified atom stereocenters. The van der Waals surface area contributed by atoms with Crippen molar-refractivity contribution in [3.05, 3.63) is 0 Å². The van der Waals surface area contributed by atoms with Gasteiger partial charge in [0.05, 0.1) is 0 Å². The molecule has 0 aromatic carbocycles. The van der Waals surface area contributed by atoms with Crippen LogP contribution in [0.2, 0.25) is 0 Å². The fourth-order valence-corrected chi connectivity index (χ4v) is 0. The van der Waals surface area contributed by atoms with E-state index in [9.17, 15) is 0 Å². The normalized spacial score (nSPS) is 6.00. The van der Waals surface area contributed by atoms with Gasteiger partial charge in [0.25, 0.3) is 0 Å². The average molecular weight is 130 g/mol. The Kier molecular flexibility index (Phi) is 24.4. The number of hydrogen-bond donors (Lipinski definition) is 0. The molecular weight excluding hydrogens is 116 g/mol. The third kappa shape index (κ3) is 137. The molecular formula is C3H13ClNP. The Morgan fingerprint density at radius 3 is 1.00 bits per heavy atom. The average Bonchev–Trinajstić information content (AvgIpc) is 0.811. The summed E-state index contributed by atoms with van der Waals surface area (Å²) in [5.74, 6) is 0. The van der Waals surface area contributed by atoms with Crippen LogP contribution in [-0.4, -0.2) is 26.0 Å². The van der Waals surface area contributed by atoms with Gasteiger partial charge in [-0.25, -0.2) is 0 Å². The van der Waals surface area contributed by atoms with Crippen LogP contribution in [0.1, 0.15) is 0 Å². The minimum absolute atomic E-state index is 0. The second-order valence-electron chi connectivity index (χ2n) is 1.34. The van der Waals surface area contributed by atoms with Gasteiger partial charge >= 0.3 is 0 Å². The molecule has 0 heterocycles. The van der Waals surface area contributed by atoms with E-state index < -0.39 is 0 Å². The topological polar surface area (TPSA) is 3.24 Å². The van der Waals surface area contributed by atoms with E-state index in [0.29, 0.717) is 0 Å². The largest absolute Gasteiger partial charge is 0.312 e. The number of hydrogen-bond acceptors (Lipinski definition) is 1. The van der Waals surface area contributed by atoms with Gasteiger partial charge in [-0.05, 0) is 21.1 Å². The van der Waals surface area contributed by atoms with Crippen molar-refractivity contribution in [3.63, 3.8) is 0 Å². The molecule has 3 heteroatoms. The Bertz CT molecular complexity index is 15.5. The van der Waals surface area contributed by atoms with Crippen molar-refractivity contribution in [2.45, 2.75) is 0 Å². The van der Waals surface area contributed by atoms with Crippen LogP contribution < -0.4 is 0 Å². The number of rotatable bonds is 0. The number of halogens is 1. The molecule has 42 valence electrons. The van der Waals surface area contributed by atoms with Gasteiger partial charge in [-0.3, -0.25) is 0 Å². The Morgan fingerprint density at radius 1 is 1.00 bits per heavy atom. The van der Waals surface area contributed by atoms with Gasteiger partial charge in [-0.2, -0.15) is 9.90 Å². The SMILES string of the molecule is CN(C)C.Cl.P. The quantitative estimate of drug-likeness (QED) is 0.435. The maximum absolute atomic E-state index is 2.00. The van der Waals surface area contributed by atoms with Crippen LogP contribution in [0.3, 0.4) is 0 Å². The van der Waals surface area contributed by atoms with E-state index in [2.05, 4.69) is 0 Å². The second kappa shape index (κ2) is 9.19. The highest BCUT2D eigenvalue weighted by Gasteiger charge is 1.58. The zero-order chi connectivity index (χ0) is 3.58. The predicted octanol–water partition coefficient (Wildman–Crippen LogP) is 0.658. The first kappa shape index (κ1) is 15.9. The first-order valence-corrected chi connectivity index (χ1v) is 1.34. The van der Waals surface area contributed by atoms with E-state index in [-0.39, 0.29) is 22.3 Å². The molecule has 0 aliphatic rings. The van der Waals surface area contributed by atoms with E-state index in [1.165, 1.54) is 0 Å². The van der Waals surface area contributed by atoms with Gasteiger partial charge < -0.3 is 4.90 Å². The molecule has 0 bridgehead atoms. The van der Waals surface area contributed by atoms with Crippen molar-refractivity contribution in [3.8, 4) is 0 Å². The molecule has 1 atom stereocenters. The summed E-state index contributed by atoms with van der Waals surface area (Å²) in [7, 11) is 6.00. The van der Waals surface area contributed by atoms with Gasteiger partial charge in [0.2, 0.25) is 0 Å². The maximum Gasteiger partial charge on any atom is -0.0140 e. The zero-order valence-corrected chi connectivity index (χ0v) is 6.79. The summed E-state index contributed by atoms with van der Waals surface area (Å²) >= 11 is 0. The Labute approximate surface area is 49.1 Å². The Hall–Kier alpha value is 0.680. The molecule has 0 fully saturated rings. The van der Waals surface area contributed by atoms with E-state index in [1.54, 1.807) is 0 Å². The van der Waals surface area contributed by atoms with Crippen LogP contribution in [0, 0.1) is 0 Å². The lowest BCUT2D eigenvalue weighted by atomic mass is 11.0. The smallest absolute Gasteiger partial charge is 0.0140 e. The molecule has 0 aliphatic heterocycles. The van der Waals surface area contributed by atoms with Crippen molar-refractivity contribution in [1.29, 1.82) is 0 Å². The molecule has 1 nitrogen and oxygen atoms in total. The minimum atomic E-state index is 0. The third-order valence-corrected chi connectivity index (χ3v) is 0. The van der Waals surface area contributed by atoms with Gasteiger partial charge in [-0.15, -0.1) is 12.4 Å². The molecule has 0 aromatic rings. The van der Waals surface area contributed by atoms with Crippen LogP contribution >= 0.6 is 22.3 Å². The molecule has 0 aromatic heterocycles. The molecule has 0 radical (unpaired) electrons. The number of nitrogens with zero attached hydrogens (tertiary/aromatic N) is 1. The third-order valence-electron chi connectivity index (χ3n) is 0. The van der Waals surface area contributed by atoms with Crippen LogP contribution in [0.4, 0.5) is 0 Å². The zero-order valence-electron chi connectivity index (χ0n) is 4.56. The minimum Gasteiger partial charge on any atom is -0.312 e. The van der Waals surface area contributed by atoms with Crippen LogP contribution in [0.15, 0.2) is 0 Å². The lowest BCUT2D eigenvalue weighted by Crippen LogP contribution is -1.99. The standard InChI is InChI=1S/C3H9N.ClH.H3P/c1-4(2)3;;/h1-3H3;1H;1H3. The lowest BCUT2D eigenvalue weighted by Gasteiger charge is -1.90. The fraction of sp³-hybridized carbons (Fsp3) is 1.00. The van der Waals surface area contributed by atoms with Crippen LogP contribution in [0.25, 0.3) is 0 Å². The summed E-state index contributed by atoms with van der Waals surface area (Å²) in [4.78, 5) is 2.00. The van der Waals surface area contributed by atoms with Gasteiger partial charge in [0.1, 0.15) is 0 Å². The second-order valence-corrected chi connectivity index (χ2v) is 1.34. The molecule has 0 amide bonds. The van der Waals surface area contributed by atoms with E-state index in [0.717, 1.165) is 0 Å². The maximum atomic E-state index is 2.00. The van der Waals surface area contributed by atoms with Crippen molar-refractivity contribution in [2.24, 2.45) is 0 Å². The summed E-state index contributed by atoms with van der Waals surface area (Å²) in [6.07, 6.45) is 0. The van der Waals surface area contributed by atoms with Crippen molar-refractivity contribution >= 4 is 22.3 Å². The van der Waals surface area contributed by atoms with E-state index in [4.69, 9.17) is 0 Å². The van der Waals surface area contributed by atoms with Crippen LogP contribution in [0.5, 0.6) is 0 Å². The predicted molar refractivity (Wildman–Crippen MR) is 38.0 cm³/mol. The Balaban J connectivity index is -0.0000000450. The summed E-state index contributed by atoms with van der Waals surface area (Å²) in [5.41, 5.74) is 0. The highest BCUT2D eigenvalue weighted by Crippen LogP contribution is 1.47. The van der Waals surface area contributed by atoms with Crippen molar-refractivity contribution in [2.75, 3.05) is 21.1 Å². The molecule has 0 aliphatic carbocycles. The Morgan fingerprint density at radius 2 is 1.00 bits per heavy atom. The molecule has 0 saturated heterocycles. The molecule has 0 N–H and O–H groups in total. The summed E-state index contributed by atoms with van der Waals surface area (Å²) < 4.78 is 0. The van der Waals surface area contributed by atoms with Crippen molar-refractivity contribution in [1.82, 2.24) is 4.90 Å². The summed E-state index contributed by atoms with van der Waals surface area (Å²) in [6, 6.07) is 0. The highest BCUT2D eigenvalue weighted by atomic mass is 35.5. The summed E-state index contributed by atoms with van der Waals surface area (Å²) in [5, 5.41) is 0.